The standard InChI is InChI=1S/C19H21NO5S/c1-12-8-10-13(11-9-12)26(24,25)20-17-7-3-4-14-15(17)5-2-6-16(14)18(21)19(22)23/h2,5-6,8-11,17-18,20-21H,3-4,7H2,1H3,(H,22,23). The van der Waals surface area contributed by atoms with Gasteiger partial charge in [-0.05, 0) is 55.0 Å². The highest BCUT2D eigenvalue weighted by molar-refractivity contribution is 7.89. The molecule has 0 amide bonds. The first-order valence-electron chi connectivity index (χ1n) is 8.41. The lowest BCUT2D eigenvalue weighted by Gasteiger charge is -2.28. The number of aliphatic hydroxyl groups excluding tert-OH is 1. The van der Waals surface area contributed by atoms with Crippen molar-refractivity contribution in [3.8, 4) is 0 Å². The van der Waals surface area contributed by atoms with Crippen molar-refractivity contribution in [1.82, 2.24) is 4.72 Å². The Morgan fingerprint density at radius 1 is 1.19 bits per heavy atom. The topological polar surface area (TPSA) is 104 Å². The number of benzene rings is 2. The minimum absolute atomic E-state index is 0.192. The molecule has 2 atom stereocenters. The molecule has 0 spiro atoms. The van der Waals surface area contributed by atoms with Crippen LogP contribution >= 0.6 is 0 Å². The van der Waals surface area contributed by atoms with Crippen molar-refractivity contribution in [2.75, 3.05) is 0 Å². The van der Waals surface area contributed by atoms with Gasteiger partial charge in [0.15, 0.2) is 6.10 Å². The number of carboxylic acids is 1. The van der Waals surface area contributed by atoms with Crippen LogP contribution < -0.4 is 4.72 Å². The van der Waals surface area contributed by atoms with Gasteiger partial charge in [-0.1, -0.05) is 35.9 Å². The Kier molecular flexibility index (Phi) is 5.13. The molecule has 0 bridgehead atoms. The smallest absolute Gasteiger partial charge is 0.337 e. The van der Waals surface area contributed by atoms with E-state index in [1.54, 1.807) is 42.5 Å². The van der Waals surface area contributed by atoms with Crippen LogP contribution in [0.5, 0.6) is 0 Å². The second-order valence-corrected chi connectivity index (χ2v) is 8.25. The molecule has 2 aromatic carbocycles. The van der Waals surface area contributed by atoms with Gasteiger partial charge in [-0.3, -0.25) is 0 Å². The summed E-state index contributed by atoms with van der Waals surface area (Å²) >= 11 is 0. The molecule has 0 aromatic heterocycles. The second kappa shape index (κ2) is 7.19. The molecule has 3 rings (SSSR count). The molecule has 0 radical (unpaired) electrons. The first-order chi connectivity index (χ1) is 12.3. The Morgan fingerprint density at radius 2 is 1.88 bits per heavy atom. The largest absolute Gasteiger partial charge is 0.479 e. The molecule has 138 valence electrons. The fourth-order valence-corrected chi connectivity index (χ4v) is 4.61. The van der Waals surface area contributed by atoms with Crippen LogP contribution in [0.2, 0.25) is 0 Å². The summed E-state index contributed by atoms with van der Waals surface area (Å²) in [4.78, 5) is 11.3. The van der Waals surface area contributed by atoms with Crippen molar-refractivity contribution in [2.45, 2.75) is 43.2 Å². The number of aliphatic hydroxyl groups is 1. The minimum atomic E-state index is -3.70. The molecule has 1 aliphatic carbocycles. The Morgan fingerprint density at radius 3 is 2.54 bits per heavy atom. The Balaban J connectivity index is 1.94. The van der Waals surface area contributed by atoms with E-state index in [0.717, 1.165) is 11.1 Å². The van der Waals surface area contributed by atoms with Gasteiger partial charge >= 0.3 is 5.97 Å². The van der Waals surface area contributed by atoms with E-state index < -0.39 is 28.1 Å². The molecular weight excluding hydrogens is 354 g/mol. The molecule has 0 heterocycles. The van der Waals surface area contributed by atoms with Crippen molar-refractivity contribution in [3.05, 3.63) is 64.7 Å². The van der Waals surface area contributed by atoms with Gasteiger partial charge in [0.25, 0.3) is 0 Å². The van der Waals surface area contributed by atoms with Gasteiger partial charge in [0.1, 0.15) is 0 Å². The predicted molar refractivity (Wildman–Crippen MR) is 96.2 cm³/mol. The van der Waals surface area contributed by atoms with Gasteiger partial charge in [0, 0.05) is 6.04 Å². The number of fused-ring (bicyclic) bond motifs is 1. The highest BCUT2D eigenvalue weighted by Crippen LogP contribution is 2.35. The van der Waals surface area contributed by atoms with Gasteiger partial charge in [0.2, 0.25) is 10.0 Å². The molecule has 2 aromatic rings. The second-order valence-electron chi connectivity index (χ2n) is 6.53. The Hall–Kier alpha value is -2.22. The van der Waals surface area contributed by atoms with Gasteiger partial charge in [-0.2, -0.15) is 0 Å². The fraction of sp³-hybridized carbons (Fsp3) is 0.316. The number of carboxylic acid groups (broad SMARTS) is 1. The zero-order valence-electron chi connectivity index (χ0n) is 14.3. The van der Waals surface area contributed by atoms with Crippen LogP contribution in [0.1, 0.15) is 47.2 Å². The highest BCUT2D eigenvalue weighted by Gasteiger charge is 2.29. The Bertz CT molecular complexity index is 921. The molecule has 1 aliphatic rings. The number of aliphatic carboxylic acids is 1. The van der Waals surface area contributed by atoms with Crippen molar-refractivity contribution in [2.24, 2.45) is 0 Å². The molecule has 26 heavy (non-hydrogen) atoms. The summed E-state index contributed by atoms with van der Waals surface area (Å²) in [6.45, 7) is 1.89. The fourth-order valence-electron chi connectivity index (χ4n) is 3.36. The van der Waals surface area contributed by atoms with E-state index in [0.29, 0.717) is 30.4 Å². The van der Waals surface area contributed by atoms with E-state index in [2.05, 4.69) is 4.72 Å². The van der Waals surface area contributed by atoms with E-state index in [9.17, 15) is 18.3 Å². The number of carbonyl (C=O) groups is 1. The first-order valence-corrected chi connectivity index (χ1v) is 9.89. The molecule has 3 N–H and O–H groups in total. The third-order valence-electron chi connectivity index (χ3n) is 4.70. The number of sulfonamides is 1. The van der Waals surface area contributed by atoms with Crippen LogP contribution in [-0.4, -0.2) is 24.6 Å². The monoisotopic (exact) mass is 375 g/mol. The SMILES string of the molecule is Cc1ccc(S(=O)(=O)NC2CCCc3c2cccc3C(O)C(=O)O)cc1. The van der Waals surface area contributed by atoms with Crippen molar-refractivity contribution in [1.29, 1.82) is 0 Å². The first kappa shape index (κ1) is 18.6. The van der Waals surface area contributed by atoms with Crippen LogP contribution in [0.3, 0.4) is 0 Å². The molecule has 0 saturated heterocycles. The van der Waals surface area contributed by atoms with Gasteiger partial charge in [-0.15, -0.1) is 0 Å². The van der Waals surface area contributed by atoms with Crippen LogP contribution in [0.15, 0.2) is 47.4 Å². The molecule has 0 fully saturated rings. The zero-order valence-corrected chi connectivity index (χ0v) is 15.2. The van der Waals surface area contributed by atoms with E-state index in [-0.39, 0.29) is 4.90 Å². The quantitative estimate of drug-likeness (QED) is 0.745. The molecule has 0 saturated carbocycles. The van der Waals surface area contributed by atoms with E-state index in [1.807, 2.05) is 6.92 Å². The van der Waals surface area contributed by atoms with Crippen LogP contribution in [0, 0.1) is 6.92 Å². The third kappa shape index (κ3) is 3.65. The lowest BCUT2D eigenvalue weighted by molar-refractivity contribution is -0.147. The summed E-state index contributed by atoms with van der Waals surface area (Å²) in [5.41, 5.74) is 2.74. The molecule has 0 aliphatic heterocycles. The summed E-state index contributed by atoms with van der Waals surface area (Å²) in [6, 6.07) is 11.2. The van der Waals surface area contributed by atoms with Crippen molar-refractivity contribution < 1.29 is 23.4 Å². The molecule has 7 heteroatoms. The summed E-state index contributed by atoms with van der Waals surface area (Å²) < 4.78 is 28.1. The van der Waals surface area contributed by atoms with Gasteiger partial charge in [0.05, 0.1) is 4.90 Å². The van der Waals surface area contributed by atoms with Crippen LogP contribution in [0.25, 0.3) is 0 Å². The summed E-state index contributed by atoms with van der Waals surface area (Å²) in [7, 11) is -3.70. The van der Waals surface area contributed by atoms with Crippen molar-refractivity contribution in [3.63, 3.8) is 0 Å². The summed E-state index contributed by atoms with van der Waals surface area (Å²) in [5, 5.41) is 19.0. The average Bonchev–Trinajstić information content (AvgIpc) is 2.61. The average molecular weight is 375 g/mol. The number of hydrogen-bond acceptors (Lipinski definition) is 4. The van der Waals surface area contributed by atoms with E-state index in [1.165, 1.54) is 0 Å². The number of rotatable bonds is 5. The predicted octanol–water partition coefficient (Wildman–Crippen LogP) is 2.47. The zero-order chi connectivity index (χ0) is 18.9. The lowest BCUT2D eigenvalue weighted by Crippen LogP contribution is -2.31. The third-order valence-corrected chi connectivity index (χ3v) is 6.19. The highest BCUT2D eigenvalue weighted by atomic mass is 32.2. The van der Waals surface area contributed by atoms with Gasteiger partial charge < -0.3 is 10.2 Å². The number of aryl methyl sites for hydroxylation is 1. The normalized spacial score (nSPS) is 18.2. The van der Waals surface area contributed by atoms with Crippen LogP contribution in [-0.2, 0) is 21.2 Å². The number of nitrogens with one attached hydrogen (secondary N) is 1. The molecule has 2 unspecified atom stereocenters. The summed E-state index contributed by atoms with van der Waals surface area (Å²) in [5.74, 6) is -1.32. The van der Waals surface area contributed by atoms with Crippen LogP contribution in [0.4, 0.5) is 0 Å². The number of hydrogen-bond donors (Lipinski definition) is 3. The maximum absolute atomic E-state index is 12.7. The van der Waals surface area contributed by atoms with Gasteiger partial charge in [-0.25, -0.2) is 17.9 Å². The Labute approximate surface area is 152 Å². The molecular formula is C19H21NO5S. The minimum Gasteiger partial charge on any atom is -0.479 e. The van der Waals surface area contributed by atoms with Crippen molar-refractivity contribution >= 4 is 16.0 Å². The van der Waals surface area contributed by atoms with E-state index in [4.69, 9.17) is 5.11 Å². The summed E-state index contributed by atoms with van der Waals surface area (Å²) in [6.07, 6.45) is 0.318. The maximum Gasteiger partial charge on any atom is 0.337 e. The van der Waals surface area contributed by atoms with E-state index >= 15 is 0 Å². The molecule has 6 nitrogen and oxygen atoms in total. The maximum atomic E-state index is 12.7. The lowest BCUT2D eigenvalue weighted by atomic mass is 9.84.